The van der Waals surface area contributed by atoms with Gasteiger partial charge in [-0.1, -0.05) is 0 Å². The van der Waals surface area contributed by atoms with Crippen molar-refractivity contribution in [1.82, 2.24) is 10.2 Å². The number of aromatic nitrogens is 2. The first-order valence-electron chi connectivity index (χ1n) is 4.46. The van der Waals surface area contributed by atoms with Crippen LogP contribution in [0.1, 0.15) is 17.4 Å². The normalized spacial score (nSPS) is 12.1. The summed E-state index contributed by atoms with van der Waals surface area (Å²) < 4.78 is 4.93. The van der Waals surface area contributed by atoms with Crippen LogP contribution >= 0.6 is 0 Å². The monoisotopic (exact) mass is 211 g/mol. The van der Waals surface area contributed by atoms with E-state index < -0.39 is 5.97 Å². The molecule has 15 heavy (non-hydrogen) atoms. The third-order valence-electron chi connectivity index (χ3n) is 1.69. The van der Waals surface area contributed by atoms with Gasteiger partial charge in [0.25, 0.3) is 0 Å². The third-order valence-corrected chi connectivity index (χ3v) is 1.69. The van der Waals surface area contributed by atoms with Crippen molar-refractivity contribution in [3.8, 4) is 0 Å². The number of nitrogens with one attached hydrogen (secondary N) is 1. The van der Waals surface area contributed by atoms with Crippen molar-refractivity contribution in [2.24, 2.45) is 0 Å². The fourth-order valence-corrected chi connectivity index (χ4v) is 1.07. The number of carboxylic acid groups (broad SMARTS) is 1. The predicted molar refractivity (Wildman–Crippen MR) is 54.0 cm³/mol. The summed E-state index contributed by atoms with van der Waals surface area (Å²) in [7, 11) is 1.61. The number of ether oxygens (including phenoxy) is 1. The van der Waals surface area contributed by atoms with E-state index in [2.05, 4.69) is 15.5 Å². The molecular formula is C9H13N3O3. The second-order valence-corrected chi connectivity index (χ2v) is 3.11. The Labute approximate surface area is 87.3 Å². The van der Waals surface area contributed by atoms with Crippen molar-refractivity contribution in [2.75, 3.05) is 19.0 Å². The van der Waals surface area contributed by atoms with Gasteiger partial charge in [-0.05, 0) is 19.1 Å². The highest BCUT2D eigenvalue weighted by atomic mass is 16.5. The maximum Gasteiger partial charge on any atom is 0.356 e. The molecule has 6 nitrogen and oxygen atoms in total. The molecular weight excluding hydrogens is 198 g/mol. The van der Waals surface area contributed by atoms with Gasteiger partial charge in [-0.3, -0.25) is 0 Å². The van der Waals surface area contributed by atoms with Crippen LogP contribution in [0.15, 0.2) is 12.1 Å². The van der Waals surface area contributed by atoms with Crippen molar-refractivity contribution in [3.63, 3.8) is 0 Å². The smallest absolute Gasteiger partial charge is 0.356 e. The number of anilines is 1. The largest absolute Gasteiger partial charge is 0.476 e. The van der Waals surface area contributed by atoms with Crippen LogP contribution in [-0.2, 0) is 4.74 Å². The lowest BCUT2D eigenvalue weighted by Gasteiger charge is -2.12. The van der Waals surface area contributed by atoms with Crippen molar-refractivity contribution < 1.29 is 14.6 Å². The van der Waals surface area contributed by atoms with Crippen LogP contribution in [0, 0.1) is 0 Å². The SMILES string of the molecule is COCC(C)Nc1ccc(C(=O)O)nn1. The van der Waals surface area contributed by atoms with Gasteiger partial charge in [-0.2, -0.15) is 0 Å². The minimum atomic E-state index is -1.08. The van der Waals surface area contributed by atoms with E-state index >= 15 is 0 Å². The minimum absolute atomic E-state index is 0.0695. The molecule has 0 radical (unpaired) electrons. The summed E-state index contributed by atoms with van der Waals surface area (Å²) in [5.74, 6) is -0.552. The van der Waals surface area contributed by atoms with E-state index in [1.54, 1.807) is 13.2 Å². The van der Waals surface area contributed by atoms with E-state index in [1.807, 2.05) is 6.92 Å². The maximum atomic E-state index is 10.5. The van der Waals surface area contributed by atoms with Gasteiger partial charge in [-0.15, -0.1) is 10.2 Å². The summed E-state index contributed by atoms with van der Waals surface area (Å²) in [4.78, 5) is 10.5. The Morgan fingerprint density at radius 2 is 2.33 bits per heavy atom. The average Bonchev–Trinajstić information content (AvgIpc) is 2.18. The first kappa shape index (κ1) is 11.4. The second-order valence-electron chi connectivity index (χ2n) is 3.11. The molecule has 0 aliphatic rings. The zero-order valence-corrected chi connectivity index (χ0v) is 8.60. The van der Waals surface area contributed by atoms with Crippen molar-refractivity contribution in [3.05, 3.63) is 17.8 Å². The standard InChI is InChI=1S/C9H13N3O3/c1-6(5-15-2)10-8-4-3-7(9(13)14)11-12-8/h3-4,6H,5H2,1-2H3,(H,10,12)(H,13,14). The number of hydrogen-bond acceptors (Lipinski definition) is 5. The summed E-state index contributed by atoms with van der Waals surface area (Å²) in [5, 5.41) is 18.9. The molecule has 0 fully saturated rings. The Kier molecular flexibility index (Phi) is 3.99. The van der Waals surface area contributed by atoms with Gasteiger partial charge in [0.2, 0.25) is 0 Å². The first-order chi connectivity index (χ1) is 7.13. The van der Waals surface area contributed by atoms with Crippen molar-refractivity contribution >= 4 is 11.8 Å². The number of aromatic carboxylic acids is 1. The number of rotatable bonds is 5. The lowest BCUT2D eigenvalue weighted by molar-refractivity contribution is 0.0689. The molecule has 1 unspecified atom stereocenters. The predicted octanol–water partition coefficient (Wildman–Crippen LogP) is 0.622. The lowest BCUT2D eigenvalue weighted by Crippen LogP contribution is -2.21. The average molecular weight is 211 g/mol. The van der Waals surface area contributed by atoms with Gasteiger partial charge in [0.05, 0.1) is 6.61 Å². The number of nitrogens with zero attached hydrogens (tertiary/aromatic N) is 2. The molecule has 0 saturated heterocycles. The fourth-order valence-electron chi connectivity index (χ4n) is 1.07. The minimum Gasteiger partial charge on any atom is -0.476 e. The molecule has 0 aliphatic heterocycles. The molecule has 1 rings (SSSR count). The van der Waals surface area contributed by atoms with E-state index in [-0.39, 0.29) is 11.7 Å². The summed E-state index contributed by atoms with van der Waals surface area (Å²) in [6.45, 7) is 2.47. The number of methoxy groups -OCH3 is 1. The second kappa shape index (κ2) is 5.26. The summed E-state index contributed by atoms with van der Waals surface area (Å²) >= 11 is 0. The van der Waals surface area contributed by atoms with Gasteiger partial charge in [0.1, 0.15) is 5.82 Å². The van der Waals surface area contributed by atoms with Crippen molar-refractivity contribution in [1.29, 1.82) is 0 Å². The molecule has 2 N–H and O–H groups in total. The molecule has 0 bridgehead atoms. The molecule has 0 saturated carbocycles. The van der Waals surface area contributed by atoms with E-state index in [0.717, 1.165) is 0 Å². The van der Waals surface area contributed by atoms with Crippen LogP contribution < -0.4 is 5.32 Å². The summed E-state index contributed by atoms with van der Waals surface area (Å²) in [6.07, 6.45) is 0. The van der Waals surface area contributed by atoms with Gasteiger partial charge in [0.15, 0.2) is 5.69 Å². The van der Waals surface area contributed by atoms with E-state index in [1.165, 1.54) is 6.07 Å². The Morgan fingerprint density at radius 1 is 1.60 bits per heavy atom. The van der Waals surface area contributed by atoms with E-state index in [0.29, 0.717) is 12.4 Å². The molecule has 0 aromatic carbocycles. The molecule has 1 heterocycles. The Bertz CT molecular complexity index is 326. The van der Waals surface area contributed by atoms with Gasteiger partial charge in [-0.25, -0.2) is 4.79 Å². The molecule has 0 amide bonds. The highest BCUT2D eigenvalue weighted by Crippen LogP contribution is 2.03. The molecule has 0 spiro atoms. The lowest BCUT2D eigenvalue weighted by atomic mass is 10.3. The Hall–Kier alpha value is -1.69. The van der Waals surface area contributed by atoms with E-state index in [4.69, 9.17) is 9.84 Å². The molecule has 1 atom stereocenters. The van der Waals surface area contributed by atoms with Gasteiger partial charge < -0.3 is 15.2 Å². The van der Waals surface area contributed by atoms with Crippen LogP contribution in [0.5, 0.6) is 0 Å². The van der Waals surface area contributed by atoms with Crippen LogP contribution in [0.2, 0.25) is 0 Å². The van der Waals surface area contributed by atoms with Crippen LogP contribution in [-0.4, -0.2) is 41.0 Å². The highest BCUT2D eigenvalue weighted by Gasteiger charge is 2.06. The number of carbonyl (C=O) groups is 1. The molecule has 1 aromatic rings. The molecule has 1 aromatic heterocycles. The maximum absolute atomic E-state index is 10.5. The quantitative estimate of drug-likeness (QED) is 0.742. The highest BCUT2D eigenvalue weighted by molar-refractivity contribution is 5.85. The van der Waals surface area contributed by atoms with Gasteiger partial charge in [0, 0.05) is 13.2 Å². The fraction of sp³-hybridized carbons (Fsp3) is 0.444. The van der Waals surface area contributed by atoms with Crippen LogP contribution in [0.25, 0.3) is 0 Å². The summed E-state index contributed by atoms with van der Waals surface area (Å²) in [6, 6.07) is 3.07. The third kappa shape index (κ3) is 3.51. The molecule has 0 aliphatic carbocycles. The topological polar surface area (TPSA) is 84.3 Å². The Morgan fingerprint density at radius 3 is 2.80 bits per heavy atom. The summed E-state index contributed by atoms with van der Waals surface area (Å²) in [5.41, 5.74) is -0.0695. The zero-order valence-electron chi connectivity index (χ0n) is 8.60. The molecule has 82 valence electrons. The van der Waals surface area contributed by atoms with Crippen LogP contribution in [0.4, 0.5) is 5.82 Å². The van der Waals surface area contributed by atoms with Crippen LogP contribution in [0.3, 0.4) is 0 Å². The number of hydrogen-bond donors (Lipinski definition) is 2. The first-order valence-corrected chi connectivity index (χ1v) is 4.46. The van der Waals surface area contributed by atoms with Crippen molar-refractivity contribution in [2.45, 2.75) is 13.0 Å². The Balaban J connectivity index is 2.60. The number of carboxylic acids is 1. The van der Waals surface area contributed by atoms with E-state index in [9.17, 15) is 4.79 Å². The van der Waals surface area contributed by atoms with Gasteiger partial charge >= 0.3 is 5.97 Å². The zero-order chi connectivity index (χ0) is 11.3. The molecule has 6 heteroatoms.